The van der Waals surface area contributed by atoms with Crippen molar-refractivity contribution in [1.29, 1.82) is 0 Å². The summed E-state index contributed by atoms with van der Waals surface area (Å²) in [4.78, 5) is 4.26. The van der Waals surface area contributed by atoms with E-state index in [1.54, 1.807) is 6.20 Å². The van der Waals surface area contributed by atoms with Crippen molar-refractivity contribution in [2.75, 3.05) is 6.61 Å². The van der Waals surface area contributed by atoms with Gasteiger partial charge in [0.15, 0.2) is 0 Å². The molecule has 16 heavy (non-hydrogen) atoms. The lowest BCUT2D eigenvalue weighted by Crippen LogP contribution is -2.14. The highest BCUT2D eigenvalue weighted by Gasteiger charge is 2.04. The molecule has 0 aliphatic heterocycles. The molecule has 82 valence electrons. The van der Waals surface area contributed by atoms with Crippen molar-refractivity contribution in [3.63, 3.8) is 0 Å². The van der Waals surface area contributed by atoms with Gasteiger partial charge in [-0.2, -0.15) is 0 Å². The summed E-state index contributed by atoms with van der Waals surface area (Å²) in [5, 5.41) is 8.94. The zero-order chi connectivity index (χ0) is 11.4. The Hall–Kier alpha value is -1.71. The summed E-state index contributed by atoms with van der Waals surface area (Å²) in [6.45, 7) is -0.0388. The normalized spacial score (nSPS) is 12.4. The fourth-order valence-electron chi connectivity index (χ4n) is 1.54. The third-order valence-electron chi connectivity index (χ3n) is 2.50. The monoisotopic (exact) mass is 214 g/mol. The Morgan fingerprint density at radius 3 is 2.44 bits per heavy atom. The predicted octanol–water partition coefficient (Wildman–Crippen LogP) is 1.74. The highest BCUT2D eigenvalue weighted by atomic mass is 16.3. The summed E-state index contributed by atoms with van der Waals surface area (Å²) in [6.07, 6.45) is 1.77. The van der Waals surface area contributed by atoms with Gasteiger partial charge in [0, 0.05) is 11.8 Å². The lowest BCUT2D eigenvalue weighted by Gasteiger charge is -2.08. The molecular weight excluding hydrogens is 200 g/mol. The van der Waals surface area contributed by atoms with Crippen molar-refractivity contribution in [3.05, 3.63) is 54.2 Å². The molecule has 0 fully saturated rings. The Balaban J connectivity index is 2.26. The van der Waals surface area contributed by atoms with Crippen molar-refractivity contribution >= 4 is 0 Å². The molecule has 3 heteroatoms. The van der Waals surface area contributed by atoms with Gasteiger partial charge in [0.1, 0.15) is 0 Å². The van der Waals surface area contributed by atoms with Gasteiger partial charge in [-0.3, -0.25) is 4.98 Å². The van der Waals surface area contributed by atoms with Gasteiger partial charge in [-0.25, -0.2) is 0 Å². The maximum absolute atomic E-state index is 8.94. The molecule has 3 N–H and O–H groups in total. The van der Waals surface area contributed by atoms with E-state index in [2.05, 4.69) is 4.98 Å². The highest BCUT2D eigenvalue weighted by molar-refractivity contribution is 5.59. The number of aliphatic hydroxyl groups excluding tert-OH is 1. The van der Waals surface area contributed by atoms with Gasteiger partial charge in [-0.05, 0) is 17.7 Å². The van der Waals surface area contributed by atoms with E-state index in [1.165, 1.54) is 0 Å². The van der Waals surface area contributed by atoms with Gasteiger partial charge in [-0.1, -0.05) is 30.3 Å². The molecule has 2 aromatic rings. The molecule has 0 aliphatic carbocycles. The van der Waals surface area contributed by atoms with E-state index >= 15 is 0 Å². The van der Waals surface area contributed by atoms with Crippen LogP contribution in [0.1, 0.15) is 11.6 Å². The predicted molar refractivity (Wildman–Crippen MR) is 63.7 cm³/mol. The van der Waals surface area contributed by atoms with Crippen LogP contribution in [0.3, 0.4) is 0 Å². The molecule has 0 saturated carbocycles. The lowest BCUT2D eigenvalue weighted by atomic mass is 10.0. The number of nitrogens with two attached hydrogens (primary N) is 1. The first kappa shape index (κ1) is 10.8. The van der Waals surface area contributed by atoms with E-state index in [1.807, 2.05) is 42.5 Å². The molecule has 0 saturated heterocycles. The van der Waals surface area contributed by atoms with E-state index in [-0.39, 0.29) is 12.6 Å². The molecular formula is C13H14N2O. The van der Waals surface area contributed by atoms with Gasteiger partial charge < -0.3 is 10.8 Å². The van der Waals surface area contributed by atoms with Crippen LogP contribution >= 0.6 is 0 Å². The molecule has 3 nitrogen and oxygen atoms in total. The largest absolute Gasteiger partial charge is 0.394 e. The summed E-state index contributed by atoms with van der Waals surface area (Å²) >= 11 is 0. The van der Waals surface area contributed by atoms with Crippen molar-refractivity contribution in [2.24, 2.45) is 5.73 Å². The van der Waals surface area contributed by atoms with Crippen LogP contribution in [0.2, 0.25) is 0 Å². The summed E-state index contributed by atoms with van der Waals surface area (Å²) in [5.74, 6) is 0. The van der Waals surface area contributed by atoms with Crippen molar-refractivity contribution < 1.29 is 5.11 Å². The summed E-state index contributed by atoms with van der Waals surface area (Å²) in [6, 6.07) is 13.3. The molecule has 1 atom stereocenters. The standard InChI is InChI=1S/C13H14N2O/c14-12(9-16)10-4-6-11(7-5-10)13-3-1-2-8-15-13/h1-8,12,16H,9,14H2/t12-/m0/s1. The molecule has 1 aromatic heterocycles. The average molecular weight is 214 g/mol. The Kier molecular flexibility index (Phi) is 3.29. The SMILES string of the molecule is N[C@@H](CO)c1ccc(-c2ccccn2)cc1. The summed E-state index contributed by atoms with van der Waals surface area (Å²) in [5.41, 5.74) is 8.64. The van der Waals surface area contributed by atoms with Gasteiger partial charge in [0.2, 0.25) is 0 Å². The minimum absolute atomic E-state index is 0.0388. The average Bonchev–Trinajstić information content (AvgIpc) is 2.39. The van der Waals surface area contributed by atoms with E-state index in [4.69, 9.17) is 10.8 Å². The first-order valence-electron chi connectivity index (χ1n) is 5.19. The molecule has 0 amide bonds. The zero-order valence-electron chi connectivity index (χ0n) is 8.88. The van der Waals surface area contributed by atoms with Gasteiger partial charge in [0.05, 0.1) is 18.3 Å². The fourth-order valence-corrected chi connectivity index (χ4v) is 1.54. The second-order valence-electron chi connectivity index (χ2n) is 3.63. The summed E-state index contributed by atoms with van der Waals surface area (Å²) < 4.78 is 0. The van der Waals surface area contributed by atoms with E-state index in [0.29, 0.717) is 0 Å². The third-order valence-corrected chi connectivity index (χ3v) is 2.50. The van der Waals surface area contributed by atoms with Crippen LogP contribution in [0.25, 0.3) is 11.3 Å². The topological polar surface area (TPSA) is 59.1 Å². The Bertz CT molecular complexity index is 439. The van der Waals surface area contributed by atoms with Gasteiger partial charge in [0.25, 0.3) is 0 Å². The molecule has 0 radical (unpaired) electrons. The first-order chi connectivity index (χ1) is 7.81. The number of nitrogens with zero attached hydrogens (tertiary/aromatic N) is 1. The van der Waals surface area contributed by atoms with Gasteiger partial charge in [-0.15, -0.1) is 0 Å². The van der Waals surface area contributed by atoms with Crippen LogP contribution in [0, 0.1) is 0 Å². The Morgan fingerprint density at radius 1 is 1.12 bits per heavy atom. The molecule has 0 bridgehead atoms. The summed E-state index contributed by atoms with van der Waals surface area (Å²) in [7, 11) is 0. The number of aliphatic hydroxyl groups is 1. The maximum Gasteiger partial charge on any atom is 0.0701 e. The Morgan fingerprint density at radius 2 is 1.88 bits per heavy atom. The van der Waals surface area contributed by atoms with E-state index in [0.717, 1.165) is 16.8 Å². The van der Waals surface area contributed by atoms with Crippen molar-refractivity contribution in [3.8, 4) is 11.3 Å². The third kappa shape index (κ3) is 2.27. The van der Waals surface area contributed by atoms with Crippen LogP contribution in [-0.2, 0) is 0 Å². The van der Waals surface area contributed by atoms with Gasteiger partial charge >= 0.3 is 0 Å². The number of benzene rings is 1. The van der Waals surface area contributed by atoms with Crippen molar-refractivity contribution in [1.82, 2.24) is 4.98 Å². The smallest absolute Gasteiger partial charge is 0.0701 e. The number of rotatable bonds is 3. The van der Waals surface area contributed by atoms with E-state index < -0.39 is 0 Å². The van der Waals surface area contributed by atoms with Crippen LogP contribution in [0.15, 0.2) is 48.7 Å². The minimum atomic E-state index is -0.308. The molecule has 1 heterocycles. The molecule has 0 unspecified atom stereocenters. The highest BCUT2D eigenvalue weighted by Crippen LogP contribution is 2.18. The Labute approximate surface area is 94.6 Å². The zero-order valence-corrected chi connectivity index (χ0v) is 8.88. The lowest BCUT2D eigenvalue weighted by molar-refractivity contribution is 0.268. The second-order valence-corrected chi connectivity index (χ2v) is 3.63. The minimum Gasteiger partial charge on any atom is -0.394 e. The number of aromatic nitrogens is 1. The maximum atomic E-state index is 8.94. The fraction of sp³-hybridized carbons (Fsp3) is 0.154. The number of pyridine rings is 1. The molecule has 2 rings (SSSR count). The number of hydrogen-bond donors (Lipinski definition) is 2. The van der Waals surface area contributed by atoms with Crippen LogP contribution in [0.5, 0.6) is 0 Å². The molecule has 0 aliphatic rings. The molecule has 0 spiro atoms. The van der Waals surface area contributed by atoms with Crippen LogP contribution < -0.4 is 5.73 Å². The number of hydrogen-bond acceptors (Lipinski definition) is 3. The quantitative estimate of drug-likeness (QED) is 0.818. The van der Waals surface area contributed by atoms with E-state index in [9.17, 15) is 0 Å². The van der Waals surface area contributed by atoms with Crippen LogP contribution in [-0.4, -0.2) is 16.7 Å². The van der Waals surface area contributed by atoms with Crippen molar-refractivity contribution in [2.45, 2.75) is 6.04 Å². The molecule has 1 aromatic carbocycles. The first-order valence-corrected chi connectivity index (χ1v) is 5.19. The second kappa shape index (κ2) is 4.88. The van der Waals surface area contributed by atoms with Crippen LogP contribution in [0.4, 0.5) is 0 Å².